The van der Waals surface area contributed by atoms with Gasteiger partial charge in [-0.05, 0) is 83.9 Å². The van der Waals surface area contributed by atoms with Crippen molar-refractivity contribution in [3.63, 3.8) is 0 Å². The van der Waals surface area contributed by atoms with Crippen molar-refractivity contribution in [2.75, 3.05) is 6.61 Å². The quantitative estimate of drug-likeness (QED) is 0.191. The number of rotatable bonds is 13. The lowest BCUT2D eigenvalue weighted by Gasteiger charge is -2.19. The van der Waals surface area contributed by atoms with E-state index in [2.05, 4.69) is 69.3 Å². The van der Waals surface area contributed by atoms with Gasteiger partial charge in [0, 0.05) is 18.5 Å². The van der Waals surface area contributed by atoms with Crippen molar-refractivity contribution < 1.29 is 14.6 Å². The van der Waals surface area contributed by atoms with Gasteiger partial charge in [-0.3, -0.25) is 9.36 Å². The van der Waals surface area contributed by atoms with Crippen LogP contribution in [0.15, 0.2) is 71.5 Å². The number of aliphatic carboxylic acids is 1. The van der Waals surface area contributed by atoms with Gasteiger partial charge in [-0.15, -0.1) is 0 Å². The molecule has 4 aromatic rings. The first-order chi connectivity index (χ1) is 20.6. The van der Waals surface area contributed by atoms with Crippen molar-refractivity contribution in [1.82, 2.24) is 14.3 Å². The molecule has 1 heterocycles. The molecule has 0 unspecified atom stereocenters. The smallest absolute Gasteiger partial charge is 0.346 e. The highest BCUT2D eigenvalue weighted by atomic mass is 16.5. The van der Waals surface area contributed by atoms with E-state index in [9.17, 15) is 14.7 Å². The Morgan fingerprint density at radius 1 is 0.953 bits per heavy atom. The third kappa shape index (κ3) is 7.83. The Morgan fingerprint density at radius 3 is 2.26 bits per heavy atom. The maximum Gasteiger partial charge on any atom is 0.346 e. The highest BCUT2D eigenvalue weighted by Gasteiger charge is 2.23. The molecule has 0 spiro atoms. The molecule has 5 rings (SSSR count). The van der Waals surface area contributed by atoms with Crippen LogP contribution in [0.4, 0.5) is 0 Å². The fourth-order valence-corrected chi connectivity index (χ4v) is 5.38. The molecule has 0 aliphatic heterocycles. The van der Waals surface area contributed by atoms with Gasteiger partial charge in [-0.25, -0.2) is 9.48 Å². The average Bonchev–Trinajstić information content (AvgIpc) is 3.76. The SMILES string of the molecule is CCn1c(CCCc2ccc(-c3ccc(OCC4CC4)c(CC(=O)O)c3)cc2)nn(Cc2ccc(C(C)(C)C)cc2)c1=O. The van der Waals surface area contributed by atoms with E-state index < -0.39 is 5.97 Å². The van der Waals surface area contributed by atoms with Gasteiger partial charge in [0.05, 0.1) is 19.6 Å². The van der Waals surface area contributed by atoms with Crippen LogP contribution in [-0.4, -0.2) is 32.0 Å². The second-order valence-corrected chi connectivity index (χ2v) is 12.7. The number of aromatic nitrogens is 3. The molecular formula is C36H43N3O4. The fourth-order valence-electron chi connectivity index (χ4n) is 5.38. The highest BCUT2D eigenvalue weighted by molar-refractivity contribution is 5.74. The van der Waals surface area contributed by atoms with E-state index in [-0.39, 0.29) is 17.5 Å². The minimum Gasteiger partial charge on any atom is -0.493 e. The molecule has 0 radical (unpaired) electrons. The highest BCUT2D eigenvalue weighted by Crippen LogP contribution is 2.32. The number of carboxylic acid groups (broad SMARTS) is 1. The lowest BCUT2D eigenvalue weighted by Crippen LogP contribution is -2.25. The van der Waals surface area contributed by atoms with Crippen LogP contribution < -0.4 is 10.4 Å². The summed E-state index contributed by atoms with van der Waals surface area (Å²) >= 11 is 0. The number of hydrogen-bond donors (Lipinski definition) is 1. The molecule has 1 N–H and O–H groups in total. The van der Waals surface area contributed by atoms with Crippen LogP contribution in [0.3, 0.4) is 0 Å². The van der Waals surface area contributed by atoms with Crippen LogP contribution >= 0.6 is 0 Å². The lowest BCUT2D eigenvalue weighted by atomic mass is 9.87. The van der Waals surface area contributed by atoms with Gasteiger partial charge in [-0.2, -0.15) is 5.10 Å². The molecule has 7 heteroatoms. The predicted molar refractivity (Wildman–Crippen MR) is 170 cm³/mol. The van der Waals surface area contributed by atoms with Crippen LogP contribution in [-0.2, 0) is 42.6 Å². The van der Waals surface area contributed by atoms with Gasteiger partial charge in [0.25, 0.3) is 0 Å². The summed E-state index contributed by atoms with van der Waals surface area (Å²) in [6.45, 7) is 10.3. The summed E-state index contributed by atoms with van der Waals surface area (Å²) in [7, 11) is 0. The minimum atomic E-state index is -0.864. The number of carbonyl (C=O) groups is 1. The number of ether oxygens (including phenoxy) is 1. The monoisotopic (exact) mass is 581 g/mol. The summed E-state index contributed by atoms with van der Waals surface area (Å²) in [5, 5.41) is 14.1. The molecule has 1 aliphatic rings. The van der Waals surface area contributed by atoms with Crippen LogP contribution in [0.25, 0.3) is 11.1 Å². The summed E-state index contributed by atoms with van der Waals surface area (Å²) in [4.78, 5) is 24.5. The molecule has 1 saturated carbocycles. The molecule has 226 valence electrons. The first-order valence-electron chi connectivity index (χ1n) is 15.4. The summed E-state index contributed by atoms with van der Waals surface area (Å²) < 4.78 is 9.29. The van der Waals surface area contributed by atoms with Crippen molar-refractivity contribution >= 4 is 5.97 Å². The van der Waals surface area contributed by atoms with Gasteiger partial charge in [0.1, 0.15) is 11.6 Å². The summed E-state index contributed by atoms with van der Waals surface area (Å²) in [6, 6.07) is 22.7. The van der Waals surface area contributed by atoms with E-state index in [1.807, 2.05) is 25.1 Å². The maximum absolute atomic E-state index is 13.1. The molecule has 0 saturated heterocycles. The molecule has 3 aromatic carbocycles. The summed E-state index contributed by atoms with van der Waals surface area (Å²) in [5.74, 6) is 1.23. The summed E-state index contributed by atoms with van der Waals surface area (Å²) in [5.41, 5.74) is 6.30. The molecule has 0 amide bonds. The van der Waals surface area contributed by atoms with E-state index in [0.717, 1.165) is 41.8 Å². The van der Waals surface area contributed by atoms with Crippen molar-refractivity contribution in [2.24, 2.45) is 5.92 Å². The largest absolute Gasteiger partial charge is 0.493 e. The molecule has 0 bridgehead atoms. The van der Waals surface area contributed by atoms with Gasteiger partial charge < -0.3 is 9.84 Å². The lowest BCUT2D eigenvalue weighted by molar-refractivity contribution is -0.136. The van der Waals surface area contributed by atoms with Crippen LogP contribution in [0.5, 0.6) is 5.75 Å². The normalized spacial score (nSPS) is 13.3. The van der Waals surface area contributed by atoms with E-state index in [0.29, 0.717) is 36.9 Å². The average molecular weight is 582 g/mol. The number of nitrogens with zero attached hydrogens (tertiary/aromatic N) is 3. The minimum absolute atomic E-state index is 0.0615. The third-order valence-electron chi connectivity index (χ3n) is 8.19. The Kier molecular flexibility index (Phi) is 9.19. The van der Waals surface area contributed by atoms with E-state index in [4.69, 9.17) is 9.84 Å². The van der Waals surface area contributed by atoms with E-state index in [1.54, 1.807) is 9.25 Å². The number of hydrogen-bond acceptors (Lipinski definition) is 4. The van der Waals surface area contributed by atoms with Gasteiger partial charge in [0.2, 0.25) is 0 Å². The van der Waals surface area contributed by atoms with Crippen LogP contribution in [0.1, 0.15) is 75.0 Å². The van der Waals surface area contributed by atoms with Crippen molar-refractivity contribution in [2.45, 2.75) is 84.7 Å². The topological polar surface area (TPSA) is 86.3 Å². The molecular weight excluding hydrogens is 538 g/mol. The molecule has 7 nitrogen and oxygen atoms in total. The maximum atomic E-state index is 13.1. The van der Waals surface area contributed by atoms with Crippen molar-refractivity contribution in [3.8, 4) is 16.9 Å². The molecule has 1 aliphatic carbocycles. The Hall–Kier alpha value is -4.13. The third-order valence-corrected chi connectivity index (χ3v) is 8.19. The van der Waals surface area contributed by atoms with E-state index >= 15 is 0 Å². The molecule has 1 fully saturated rings. The second-order valence-electron chi connectivity index (χ2n) is 12.7. The van der Waals surface area contributed by atoms with E-state index in [1.165, 1.54) is 24.0 Å². The van der Waals surface area contributed by atoms with Gasteiger partial charge >= 0.3 is 11.7 Å². The standard InChI is InChI=1S/C36H43N3O4/c1-5-38-33(37-39(35(38)42)23-26-13-18-31(19-14-26)36(2,3)4)8-6-7-25-11-15-28(16-12-25)29-17-20-32(43-24-27-9-10-27)30(21-29)22-34(40)41/h11-21,27H,5-10,22-24H2,1-4H3,(H,40,41). The molecule has 1 aromatic heterocycles. The zero-order valence-corrected chi connectivity index (χ0v) is 25.8. The van der Waals surface area contributed by atoms with Crippen LogP contribution in [0.2, 0.25) is 0 Å². The zero-order valence-electron chi connectivity index (χ0n) is 25.8. The number of aryl methyl sites for hydroxylation is 2. The Balaban J connectivity index is 1.21. The predicted octanol–water partition coefficient (Wildman–Crippen LogP) is 6.67. The van der Waals surface area contributed by atoms with Gasteiger partial charge in [-0.1, -0.05) is 75.4 Å². The first-order valence-corrected chi connectivity index (χ1v) is 15.4. The number of carboxylic acids is 1. The Bertz CT molecular complexity index is 1600. The Labute approximate surface area is 254 Å². The first kappa shape index (κ1) is 30.3. The number of benzene rings is 3. The summed E-state index contributed by atoms with van der Waals surface area (Å²) in [6.07, 6.45) is 4.79. The second kappa shape index (κ2) is 13.0. The zero-order chi connectivity index (χ0) is 30.6. The van der Waals surface area contributed by atoms with Gasteiger partial charge in [0.15, 0.2) is 0 Å². The van der Waals surface area contributed by atoms with Crippen LogP contribution in [0, 0.1) is 5.92 Å². The fraction of sp³-hybridized carbons (Fsp3) is 0.417. The van der Waals surface area contributed by atoms with Crippen molar-refractivity contribution in [3.05, 3.63) is 105 Å². The molecule has 43 heavy (non-hydrogen) atoms. The molecule has 0 atom stereocenters. The Morgan fingerprint density at radius 2 is 1.63 bits per heavy atom. The van der Waals surface area contributed by atoms with Crippen molar-refractivity contribution in [1.29, 1.82) is 0 Å².